The highest BCUT2D eigenvalue weighted by atomic mass is 16.5. The molecule has 0 atom stereocenters. The maximum absolute atomic E-state index is 12.3. The number of carbonyl (C=O) groups excluding carboxylic acids is 1. The van der Waals surface area contributed by atoms with Crippen LogP contribution in [0.2, 0.25) is 0 Å². The lowest BCUT2D eigenvalue weighted by molar-refractivity contribution is -0.133. The number of ether oxygens (including phenoxy) is 2. The van der Waals surface area contributed by atoms with E-state index in [2.05, 4.69) is 4.90 Å². The van der Waals surface area contributed by atoms with E-state index in [1.54, 1.807) is 0 Å². The van der Waals surface area contributed by atoms with E-state index >= 15 is 0 Å². The van der Waals surface area contributed by atoms with Crippen molar-refractivity contribution >= 4 is 5.91 Å². The molecule has 0 saturated carbocycles. The number of nitrogens with zero attached hydrogens (tertiary/aromatic N) is 2. The highest BCUT2D eigenvalue weighted by molar-refractivity contribution is 5.76. The maximum Gasteiger partial charge on any atom is 0.225 e. The quantitative estimate of drug-likeness (QED) is 0.799. The third kappa shape index (κ3) is 5.21. The lowest BCUT2D eigenvalue weighted by atomic mass is 9.96. The van der Waals surface area contributed by atoms with Crippen LogP contribution in [0.4, 0.5) is 0 Å². The second-order valence-electron chi connectivity index (χ2n) is 6.65. The molecular formula is C19H28N2O3. The summed E-state index contributed by atoms with van der Waals surface area (Å²) in [4.78, 5) is 16.8. The van der Waals surface area contributed by atoms with Crippen LogP contribution in [0.15, 0.2) is 30.3 Å². The van der Waals surface area contributed by atoms with Gasteiger partial charge in [-0.05, 0) is 30.9 Å². The van der Waals surface area contributed by atoms with Crippen LogP contribution in [-0.2, 0) is 9.53 Å². The first kappa shape index (κ1) is 17.2. The van der Waals surface area contributed by atoms with Crippen molar-refractivity contribution in [3.05, 3.63) is 30.3 Å². The molecule has 3 rings (SSSR count). The zero-order chi connectivity index (χ0) is 16.6. The molecule has 2 aliphatic heterocycles. The van der Waals surface area contributed by atoms with Gasteiger partial charge in [0.15, 0.2) is 0 Å². The molecule has 1 amide bonds. The number of piperidine rings is 1. The molecule has 0 radical (unpaired) electrons. The predicted octanol–water partition coefficient (Wildman–Crippen LogP) is 2.03. The minimum atomic E-state index is 0.218. The highest BCUT2D eigenvalue weighted by Gasteiger charge is 2.24. The van der Waals surface area contributed by atoms with Crippen LogP contribution in [-0.4, -0.2) is 68.3 Å². The van der Waals surface area contributed by atoms with Crippen LogP contribution in [0.1, 0.15) is 19.3 Å². The second kappa shape index (κ2) is 9.04. The normalized spacial score (nSPS) is 20.1. The van der Waals surface area contributed by atoms with Crippen LogP contribution in [0.5, 0.6) is 5.75 Å². The van der Waals surface area contributed by atoms with Gasteiger partial charge in [-0.1, -0.05) is 18.2 Å². The van der Waals surface area contributed by atoms with Gasteiger partial charge in [-0.15, -0.1) is 0 Å². The molecule has 0 aliphatic carbocycles. The Morgan fingerprint density at radius 3 is 2.50 bits per heavy atom. The summed E-state index contributed by atoms with van der Waals surface area (Å²) in [6, 6.07) is 9.68. The Bertz CT molecular complexity index is 495. The Morgan fingerprint density at radius 1 is 1.08 bits per heavy atom. The lowest BCUT2D eigenvalue weighted by Crippen LogP contribution is -2.44. The van der Waals surface area contributed by atoms with Gasteiger partial charge in [0, 0.05) is 32.7 Å². The Kier molecular flexibility index (Phi) is 6.49. The number of para-hydroxylation sites is 1. The minimum Gasteiger partial charge on any atom is -0.493 e. The summed E-state index contributed by atoms with van der Waals surface area (Å²) in [5.74, 6) is 1.76. The zero-order valence-corrected chi connectivity index (χ0v) is 14.4. The number of morpholine rings is 1. The number of hydrogen-bond donors (Lipinski definition) is 0. The summed E-state index contributed by atoms with van der Waals surface area (Å²) in [5, 5.41) is 0. The van der Waals surface area contributed by atoms with Gasteiger partial charge in [0.1, 0.15) is 5.75 Å². The van der Waals surface area contributed by atoms with Crippen LogP contribution in [0.25, 0.3) is 0 Å². The number of likely N-dealkylation sites (tertiary alicyclic amines) is 1. The Morgan fingerprint density at radius 2 is 1.79 bits per heavy atom. The number of hydrogen-bond acceptors (Lipinski definition) is 4. The summed E-state index contributed by atoms with van der Waals surface area (Å²) < 4.78 is 11.0. The van der Waals surface area contributed by atoms with Gasteiger partial charge >= 0.3 is 0 Å². The molecule has 24 heavy (non-hydrogen) atoms. The van der Waals surface area contributed by atoms with Gasteiger partial charge < -0.3 is 14.4 Å². The van der Waals surface area contributed by atoms with E-state index in [0.29, 0.717) is 18.9 Å². The molecule has 0 unspecified atom stereocenters. The van der Waals surface area contributed by atoms with Crippen molar-refractivity contribution in [1.29, 1.82) is 0 Å². The summed E-state index contributed by atoms with van der Waals surface area (Å²) in [6.07, 6.45) is 2.69. The molecule has 1 aromatic rings. The molecule has 1 aromatic carbocycles. The summed E-state index contributed by atoms with van der Waals surface area (Å²) in [6.45, 7) is 7.21. The van der Waals surface area contributed by atoms with Crippen molar-refractivity contribution in [2.24, 2.45) is 5.92 Å². The van der Waals surface area contributed by atoms with Crippen LogP contribution < -0.4 is 4.74 Å². The zero-order valence-electron chi connectivity index (χ0n) is 14.4. The van der Waals surface area contributed by atoms with E-state index in [-0.39, 0.29) is 5.91 Å². The minimum absolute atomic E-state index is 0.218. The van der Waals surface area contributed by atoms with Gasteiger partial charge in [-0.2, -0.15) is 0 Å². The molecule has 2 saturated heterocycles. The maximum atomic E-state index is 12.3. The fraction of sp³-hybridized carbons (Fsp3) is 0.632. The molecule has 2 heterocycles. The van der Waals surface area contributed by atoms with E-state index < -0.39 is 0 Å². The molecule has 2 aliphatic rings. The van der Waals surface area contributed by atoms with Crippen LogP contribution in [0, 0.1) is 5.92 Å². The number of benzene rings is 1. The number of rotatable bonds is 6. The van der Waals surface area contributed by atoms with E-state index in [9.17, 15) is 4.79 Å². The van der Waals surface area contributed by atoms with Gasteiger partial charge in [0.25, 0.3) is 0 Å². The second-order valence-corrected chi connectivity index (χ2v) is 6.65. The molecule has 2 fully saturated rings. The smallest absolute Gasteiger partial charge is 0.225 e. The third-order valence-electron chi connectivity index (χ3n) is 4.92. The van der Waals surface area contributed by atoms with Crippen LogP contribution in [0.3, 0.4) is 0 Å². The van der Waals surface area contributed by atoms with Crippen molar-refractivity contribution in [3.8, 4) is 5.75 Å². The predicted molar refractivity (Wildman–Crippen MR) is 93.1 cm³/mol. The molecule has 0 aromatic heterocycles. The van der Waals surface area contributed by atoms with Crippen molar-refractivity contribution in [3.63, 3.8) is 0 Å². The topological polar surface area (TPSA) is 42.0 Å². The van der Waals surface area contributed by atoms with Gasteiger partial charge in [-0.25, -0.2) is 0 Å². The average Bonchev–Trinajstić information content (AvgIpc) is 2.64. The first-order valence-electron chi connectivity index (χ1n) is 9.07. The Balaban J connectivity index is 1.32. The lowest BCUT2D eigenvalue weighted by Gasteiger charge is -2.36. The number of carbonyl (C=O) groups is 1. The average molecular weight is 332 g/mol. The molecule has 132 valence electrons. The molecule has 0 N–H and O–H groups in total. The molecule has 5 heteroatoms. The molecular weight excluding hydrogens is 304 g/mol. The van der Waals surface area contributed by atoms with Gasteiger partial charge in [0.2, 0.25) is 5.91 Å². The highest BCUT2D eigenvalue weighted by Crippen LogP contribution is 2.19. The standard InChI is InChI=1S/C19H28N2O3/c22-19(8-13-24-18-4-2-1-3-5-18)21-9-6-17(7-10-21)16-20-11-14-23-15-12-20/h1-5,17H,6-16H2. The largest absolute Gasteiger partial charge is 0.493 e. The monoisotopic (exact) mass is 332 g/mol. The fourth-order valence-electron chi connectivity index (χ4n) is 3.44. The van der Waals surface area contributed by atoms with Crippen molar-refractivity contribution in [2.75, 3.05) is 52.5 Å². The molecule has 5 nitrogen and oxygen atoms in total. The third-order valence-corrected chi connectivity index (χ3v) is 4.92. The van der Waals surface area contributed by atoms with Crippen LogP contribution >= 0.6 is 0 Å². The van der Waals surface area contributed by atoms with E-state index in [0.717, 1.165) is 64.5 Å². The Labute approximate surface area is 144 Å². The Hall–Kier alpha value is -1.59. The van der Waals surface area contributed by atoms with Crippen molar-refractivity contribution in [1.82, 2.24) is 9.80 Å². The summed E-state index contributed by atoms with van der Waals surface area (Å²) >= 11 is 0. The summed E-state index contributed by atoms with van der Waals surface area (Å²) in [7, 11) is 0. The molecule has 0 bridgehead atoms. The van der Waals surface area contributed by atoms with E-state index in [1.165, 1.54) is 0 Å². The first-order chi connectivity index (χ1) is 11.8. The van der Waals surface area contributed by atoms with E-state index in [4.69, 9.17) is 9.47 Å². The number of amides is 1. The van der Waals surface area contributed by atoms with Crippen molar-refractivity contribution < 1.29 is 14.3 Å². The van der Waals surface area contributed by atoms with Gasteiger partial charge in [-0.3, -0.25) is 9.69 Å². The molecule has 0 spiro atoms. The summed E-state index contributed by atoms with van der Waals surface area (Å²) in [5.41, 5.74) is 0. The SMILES string of the molecule is O=C(CCOc1ccccc1)N1CCC(CN2CCOCC2)CC1. The van der Waals surface area contributed by atoms with Crippen molar-refractivity contribution in [2.45, 2.75) is 19.3 Å². The van der Waals surface area contributed by atoms with E-state index in [1.807, 2.05) is 35.2 Å². The first-order valence-corrected chi connectivity index (χ1v) is 9.07. The fourth-order valence-corrected chi connectivity index (χ4v) is 3.44. The van der Waals surface area contributed by atoms with Gasteiger partial charge in [0.05, 0.1) is 26.2 Å².